The van der Waals surface area contributed by atoms with Gasteiger partial charge < -0.3 is 0 Å². The van der Waals surface area contributed by atoms with Crippen LogP contribution in [0.2, 0.25) is 0 Å². The van der Waals surface area contributed by atoms with Gasteiger partial charge in [0.1, 0.15) is 0 Å². The second-order valence-corrected chi connectivity index (χ2v) is 8.22. The molecule has 1 aromatic carbocycles. The molecule has 0 saturated carbocycles. The summed E-state index contributed by atoms with van der Waals surface area (Å²) < 4.78 is 0. The largest absolute Gasteiger partial charge is 0.0654 e. The lowest BCUT2D eigenvalue weighted by Gasteiger charge is -2.11. The Labute approximate surface area is 158 Å². The van der Waals surface area contributed by atoms with Gasteiger partial charge in [-0.15, -0.1) is 0 Å². The van der Waals surface area contributed by atoms with Gasteiger partial charge in [-0.2, -0.15) is 0 Å². The van der Waals surface area contributed by atoms with Crippen LogP contribution in [0.25, 0.3) is 0 Å². The van der Waals surface area contributed by atoms with Gasteiger partial charge in [-0.3, -0.25) is 0 Å². The molecule has 0 heteroatoms. The molecule has 0 aliphatic carbocycles. The van der Waals surface area contributed by atoms with Crippen LogP contribution >= 0.6 is 0 Å². The third-order valence-electron chi connectivity index (χ3n) is 5.62. The molecule has 1 aromatic rings. The lowest BCUT2D eigenvalue weighted by atomic mass is 9.95. The molecule has 0 unspecified atom stereocenters. The molecule has 0 saturated heterocycles. The standard InChI is InChI=1S/C25H44/c1-5-6-7-8-9-10-11-12-13-14-15-16-17-18-19-25-23(3)20-22(2)21-24(25)4/h20-21H,5-19H2,1-4H3. The maximum Gasteiger partial charge on any atom is -0.0274 e. The maximum atomic E-state index is 2.34. The van der Waals surface area contributed by atoms with Crippen LogP contribution < -0.4 is 0 Å². The van der Waals surface area contributed by atoms with Crippen LogP contribution in [-0.2, 0) is 6.42 Å². The van der Waals surface area contributed by atoms with Crippen molar-refractivity contribution in [3.05, 3.63) is 34.4 Å². The van der Waals surface area contributed by atoms with Crippen LogP contribution in [0.1, 0.15) is 119 Å². The molecule has 0 bridgehead atoms. The number of hydrogen-bond acceptors (Lipinski definition) is 0. The summed E-state index contributed by atoms with van der Waals surface area (Å²) in [6.45, 7) is 9.05. The molecule has 0 amide bonds. The van der Waals surface area contributed by atoms with Gasteiger partial charge in [0.25, 0.3) is 0 Å². The number of benzene rings is 1. The van der Waals surface area contributed by atoms with E-state index in [2.05, 4.69) is 39.8 Å². The van der Waals surface area contributed by atoms with Crippen molar-refractivity contribution in [2.24, 2.45) is 0 Å². The van der Waals surface area contributed by atoms with Gasteiger partial charge in [-0.05, 0) is 50.3 Å². The summed E-state index contributed by atoms with van der Waals surface area (Å²) in [5, 5.41) is 0. The Hall–Kier alpha value is -0.780. The Morgan fingerprint density at radius 1 is 0.520 bits per heavy atom. The van der Waals surface area contributed by atoms with E-state index in [1.165, 1.54) is 113 Å². The monoisotopic (exact) mass is 344 g/mol. The van der Waals surface area contributed by atoms with Crippen molar-refractivity contribution >= 4 is 0 Å². The first-order chi connectivity index (χ1) is 12.1. The Bertz CT molecular complexity index is 420. The third-order valence-corrected chi connectivity index (χ3v) is 5.62. The molecular formula is C25H44. The number of unbranched alkanes of at least 4 members (excludes halogenated alkanes) is 13. The predicted molar refractivity (Wildman–Crippen MR) is 115 cm³/mol. The highest BCUT2D eigenvalue weighted by Gasteiger charge is 2.03. The van der Waals surface area contributed by atoms with Crippen LogP contribution in [-0.4, -0.2) is 0 Å². The summed E-state index contributed by atoms with van der Waals surface area (Å²) in [7, 11) is 0. The first kappa shape index (κ1) is 22.3. The lowest BCUT2D eigenvalue weighted by Crippen LogP contribution is -1.95. The first-order valence-electron chi connectivity index (χ1n) is 11.2. The molecule has 0 atom stereocenters. The van der Waals surface area contributed by atoms with Crippen LogP contribution in [0.5, 0.6) is 0 Å². The Kier molecular flexibility index (Phi) is 12.8. The van der Waals surface area contributed by atoms with E-state index >= 15 is 0 Å². The van der Waals surface area contributed by atoms with Crippen molar-refractivity contribution in [1.29, 1.82) is 0 Å². The van der Waals surface area contributed by atoms with Crippen molar-refractivity contribution < 1.29 is 0 Å². The molecule has 144 valence electrons. The minimum Gasteiger partial charge on any atom is -0.0654 e. The lowest BCUT2D eigenvalue weighted by molar-refractivity contribution is 0.535. The van der Waals surface area contributed by atoms with Crippen LogP contribution in [0, 0.1) is 20.8 Å². The van der Waals surface area contributed by atoms with Crippen LogP contribution in [0.15, 0.2) is 12.1 Å². The molecular weight excluding hydrogens is 300 g/mol. The highest BCUT2D eigenvalue weighted by Crippen LogP contribution is 2.19. The fourth-order valence-electron chi connectivity index (χ4n) is 4.10. The van der Waals surface area contributed by atoms with Gasteiger partial charge in [-0.25, -0.2) is 0 Å². The van der Waals surface area contributed by atoms with E-state index in [4.69, 9.17) is 0 Å². The van der Waals surface area contributed by atoms with Gasteiger partial charge in [-0.1, -0.05) is 108 Å². The summed E-state index contributed by atoms with van der Waals surface area (Å²) >= 11 is 0. The third kappa shape index (κ3) is 10.7. The van der Waals surface area contributed by atoms with Gasteiger partial charge in [0.2, 0.25) is 0 Å². The Morgan fingerprint density at radius 2 is 0.880 bits per heavy atom. The second kappa shape index (κ2) is 14.4. The normalized spacial score (nSPS) is 11.2. The van der Waals surface area contributed by atoms with E-state index in [1.807, 2.05) is 0 Å². The van der Waals surface area contributed by atoms with Crippen molar-refractivity contribution in [1.82, 2.24) is 0 Å². The smallest absolute Gasteiger partial charge is 0.0274 e. The number of aryl methyl sites for hydroxylation is 3. The average Bonchev–Trinajstić information content (AvgIpc) is 2.57. The first-order valence-corrected chi connectivity index (χ1v) is 11.2. The van der Waals surface area contributed by atoms with Gasteiger partial charge in [0.15, 0.2) is 0 Å². The van der Waals surface area contributed by atoms with Crippen molar-refractivity contribution in [2.75, 3.05) is 0 Å². The average molecular weight is 345 g/mol. The molecule has 0 heterocycles. The summed E-state index contributed by atoms with van der Waals surface area (Å²) in [5.74, 6) is 0. The molecule has 0 aliphatic rings. The van der Waals surface area contributed by atoms with Crippen LogP contribution in [0.3, 0.4) is 0 Å². The summed E-state index contributed by atoms with van der Waals surface area (Å²) in [6, 6.07) is 4.68. The zero-order valence-corrected chi connectivity index (χ0v) is 17.8. The summed E-state index contributed by atoms with van der Waals surface area (Å²) in [4.78, 5) is 0. The van der Waals surface area contributed by atoms with Gasteiger partial charge in [0.05, 0.1) is 0 Å². The molecule has 25 heavy (non-hydrogen) atoms. The fourth-order valence-corrected chi connectivity index (χ4v) is 4.10. The van der Waals surface area contributed by atoms with E-state index in [-0.39, 0.29) is 0 Å². The molecule has 1 rings (SSSR count). The molecule has 0 fully saturated rings. The van der Waals surface area contributed by atoms with Crippen molar-refractivity contribution in [3.63, 3.8) is 0 Å². The highest BCUT2D eigenvalue weighted by atomic mass is 14.1. The Morgan fingerprint density at radius 3 is 1.28 bits per heavy atom. The Balaban J connectivity index is 1.91. The van der Waals surface area contributed by atoms with E-state index in [0.717, 1.165) is 0 Å². The highest BCUT2D eigenvalue weighted by molar-refractivity contribution is 5.37. The fraction of sp³-hybridized carbons (Fsp3) is 0.760. The molecule has 0 radical (unpaired) electrons. The zero-order valence-electron chi connectivity index (χ0n) is 17.8. The minimum absolute atomic E-state index is 1.27. The van der Waals surface area contributed by atoms with E-state index in [9.17, 15) is 0 Å². The molecule has 0 aromatic heterocycles. The summed E-state index contributed by atoms with van der Waals surface area (Å²) in [6.07, 6.45) is 21.4. The molecule has 0 nitrogen and oxygen atoms in total. The van der Waals surface area contributed by atoms with Gasteiger partial charge in [0, 0.05) is 0 Å². The van der Waals surface area contributed by atoms with E-state index in [0.29, 0.717) is 0 Å². The van der Waals surface area contributed by atoms with E-state index < -0.39 is 0 Å². The summed E-state index contributed by atoms with van der Waals surface area (Å²) in [5.41, 5.74) is 5.99. The predicted octanol–water partition coefficient (Wildman–Crippen LogP) is 8.64. The maximum absolute atomic E-state index is 2.34. The van der Waals surface area contributed by atoms with Crippen molar-refractivity contribution in [2.45, 2.75) is 124 Å². The second-order valence-electron chi connectivity index (χ2n) is 8.22. The quantitative estimate of drug-likeness (QED) is 0.279. The van der Waals surface area contributed by atoms with Crippen molar-refractivity contribution in [3.8, 4) is 0 Å². The minimum atomic E-state index is 1.27. The van der Waals surface area contributed by atoms with Crippen LogP contribution in [0.4, 0.5) is 0 Å². The molecule has 0 N–H and O–H groups in total. The van der Waals surface area contributed by atoms with Gasteiger partial charge >= 0.3 is 0 Å². The number of rotatable bonds is 15. The SMILES string of the molecule is CCCCCCCCCCCCCCCCc1c(C)cc(C)cc1C. The number of hydrogen-bond donors (Lipinski definition) is 0. The zero-order chi connectivity index (χ0) is 18.3. The topological polar surface area (TPSA) is 0 Å². The molecule has 0 aliphatic heterocycles. The van der Waals surface area contributed by atoms with E-state index in [1.54, 1.807) is 5.56 Å². The molecule has 0 spiro atoms.